The largest absolute Gasteiger partial charge is 0.341 e. The molecule has 5 heteroatoms. The zero-order valence-corrected chi connectivity index (χ0v) is 17.3. The Labute approximate surface area is 167 Å². The summed E-state index contributed by atoms with van der Waals surface area (Å²) in [5.41, 5.74) is 7.46. The van der Waals surface area contributed by atoms with Crippen molar-refractivity contribution in [2.24, 2.45) is 0 Å². The van der Waals surface area contributed by atoms with Gasteiger partial charge in [0.1, 0.15) is 5.82 Å². The van der Waals surface area contributed by atoms with Crippen LogP contribution >= 0.6 is 0 Å². The Kier molecular flexibility index (Phi) is 5.74. The van der Waals surface area contributed by atoms with E-state index in [2.05, 4.69) is 60.5 Å². The summed E-state index contributed by atoms with van der Waals surface area (Å²) < 4.78 is 0. The summed E-state index contributed by atoms with van der Waals surface area (Å²) in [5, 5.41) is 3.69. The molecule has 5 nitrogen and oxygen atoms in total. The molecule has 0 saturated carbocycles. The van der Waals surface area contributed by atoms with Gasteiger partial charge in [0.15, 0.2) is 0 Å². The summed E-state index contributed by atoms with van der Waals surface area (Å²) in [5.74, 6) is 1.01. The van der Waals surface area contributed by atoms with E-state index >= 15 is 0 Å². The lowest BCUT2D eigenvalue weighted by molar-refractivity contribution is 0.400. The van der Waals surface area contributed by atoms with Crippen molar-refractivity contribution in [3.8, 4) is 0 Å². The van der Waals surface area contributed by atoms with E-state index in [4.69, 9.17) is 9.97 Å². The van der Waals surface area contributed by atoms with Gasteiger partial charge in [-0.15, -0.1) is 0 Å². The van der Waals surface area contributed by atoms with Crippen molar-refractivity contribution in [2.75, 3.05) is 20.6 Å². The van der Waals surface area contributed by atoms with Crippen molar-refractivity contribution < 1.29 is 0 Å². The predicted molar refractivity (Wildman–Crippen MR) is 114 cm³/mol. The van der Waals surface area contributed by atoms with E-state index in [1.807, 2.05) is 6.20 Å². The minimum Gasteiger partial charge on any atom is -0.341 e. The summed E-state index contributed by atoms with van der Waals surface area (Å²) >= 11 is 0. The number of rotatable bonds is 7. The fourth-order valence-electron chi connectivity index (χ4n) is 4.22. The quantitative estimate of drug-likeness (QED) is 0.655. The first-order chi connectivity index (χ1) is 13.6. The van der Waals surface area contributed by atoms with Gasteiger partial charge in [0.2, 0.25) is 0 Å². The number of benzene rings is 1. The first kappa shape index (κ1) is 19.1. The fourth-order valence-corrected chi connectivity index (χ4v) is 4.22. The van der Waals surface area contributed by atoms with Crippen LogP contribution in [0, 0.1) is 6.92 Å². The highest BCUT2D eigenvalue weighted by atomic mass is 15.0. The van der Waals surface area contributed by atoms with Crippen molar-refractivity contribution in [1.82, 2.24) is 25.2 Å². The van der Waals surface area contributed by atoms with Gasteiger partial charge in [-0.25, -0.2) is 4.98 Å². The molecule has 0 radical (unpaired) electrons. The van der Waals surface area contributed by atoms with Gasteiger partial charge in [0, 0.05) is 6.20 Å². The third-order valence-electron chi connectivity index (χ3n) is 5.62. The molecule has 1 aliphatic rings. The average Bonchev–Trinajstić information content (AvgIpc) is 3.09. The first-order valence-corrected chi connectivity index (χ1v) is 10.4. The Morgan fingerprint density at radius 1 is 1.29 bits per heavy atom. The standard InChI is InChI=1S/C23H31N5/c1-16-13-18-8-5-10-19(22(18)25-14-16)24-15-21-26-20-11-4-7-17(23(20)27-21)9-6-12-28(2)3/h4,7,11,13-14,19,24H,5-6,8-10,12,15H2,1-3H3,(H,26,27). The van der Waals surface area contributed by atoms with Gasteiger partial charge in [-0.05, 0) is 82.4 Å². The summed E-state index contributed by atoms with van der Waals surface area (Å²) in [6, 6.07) is 9.07. The maximum absolute atomic E-state index is 4.91. The highest BCUT2D eigenvalue weighted by molar-refractivity contribution is 5.78. The molecular formula is C23H31N5. The number of imidazole rings is 1. The lowest BCUT2D eigenvalue weighted by Crippen LogP contribution is -2.26. The summed E-state index contributed by atoms with van der Waals surface area (Å²) in [6.07, 6.45) is 7.69. The summed E-state index contributed by atoms with van der Waals surface area (Å²) in [7, 11) is 4.25. The smallest absolute Gasteiger partial charge is 0.121 e. The van der Waals surface area contributed by atoms with Gasteiger partial charge in [-0.2, -0.15) is 0 Å². The molecule has 2 aromatic heterocycles. The van der Waals surface area contributed by atoms with Crippen molar-refractivity contribution >= 4 is 11.0 Å². The molecule has 2 N–H and O–H groups in total. The van der Waals surface area contributed by atoms with Crippen molar-refractivity contribution in [2.45, 2.75) is 51.6 Å². The van der Waals surface area contributed by atoms with Crippen LogP contribution in [0.3, 0.4) is 0 Å². The van der Waals surface area contributed by atoms with Crippen LogP contribution in [0.2, 0.25) is 0 Å². The molecule has 1 unspecified atom stereocenters. The van der Waals surface area contributed by atoms with Gasteiger partial charge in [0.05, 0.1) is 29.3 Å². The second-order valence-electron chi connectivity index (χ2n) is 8.29. The Balaban J connectivity index is 1.46. The normalized spacial score (nSPS) is 16.6. The Bertz CT molecular complexity index is 943. The SMILES string of the molecule is Cc1cnc2c(c1)CCCC2NCc1nc2c(CCCN(C)C)cccc2[nH]1. The lowest BCUT2D eigenvalue weighted by Gasteiger charge is -2.25. The monoisotopic (exact) mass is 377 g/mol. The van der Waals surface area contributed by atoms with Crippen LogP contribution in [-0.2, 0) is 19.4 Å². The highest BCUT2D eigenvalue weighted by Gasteiger charge is 2.21. The molecule has 0 amide bonds. The van der Waals surface area contributed by atoms with E-state index in [9.17, 15) is 0 Å². The predicted octanol–water partition coefficient (Wildman–Crippen LogP) is 3.93. The highest BCUT2D eigenvalue weighted by Crippen LogP contribution is 2.29. The number of aromatic nitrogens is 3. The van der Waals surface area contributed by atoms with Crippen LogP contribution in [0.4, 0.5) is 0 Å². The molecule has 3 aromatic rings. The van der Waals surface area contributed by atoms with E-state index in [0.717, 1.165) is 55.6 Å². The molecular weight excluding hydrogens is 346 g/mol. The van der Waals surface area contributed by atoms with E-state index in [1.54, 1.807) is 0 Å². The third kappa shape index (κ3) is 4.26. The maximum atomic E-state index is 4.91. The van der Waals surface area contributed by atoms with E-state index in [0.29, 0.717) is 6.04 Å². The van der Waals surface area contributed by atoms with Crippen LogP contribution < -0.4 is 5.32 Å². The second-order valence-corrected chi connectivity index (χ2v) is 8.29. The number of nitrogens with one attached hydrogen (secondary N) is 2. The average molecular weight is 378 g/mol. The molecule has 28 heavy (non-hydrogen) atoms. The van der Waals surface area contributed by atoms with Gasteiger partial charge < -0.3 is 15.2 Å². The number of aromatic amines is 1. The number of hydrogen-bond donors (Lipinski definition) is 2. The zero-order chi connectivity index (χ0) is 19.5. The zero-order valence-electron chi connectivity index (χ0n) is 17.3. The molecule has 1 aromatic carbocycles. The minimum absolute atomic E-state index is 0.317. The molecule has 148 valence electrons. The van der Waals surface area contributed by atoms with Crippen LogP contribution in [-0.4, -0.2) is 40.5 Å². The topological polar surface area (TPSA) is 56.8 Å². The Morgan fingerprint density at radius 2 is 2.18 bits per heavy atom. The van der Waals surface area contributed by atoms with Gasteiger partial charge >= 0.3 is 0 Å². The summed E-state index contributed by atoms with van der Waals surface area (Å²) in [4.78, 5) is 15.4. The van der Waals surface area contributed by atoms with E-state index in [-0.39, 0.29) is 0 Å². The number of para-hydroxylation sites is 1. The number of H-pyrrole nitrogens is 1. The lowest BCUT2D eigenvalue weighted by atomic mass is 9.91. The molecule has 0 bridgehead atoms. The second kappa shape index (κ2) is 8.41. The van der Waals surface area contributed by atoms with Gasteiger partial charge in [-0.3, -0.25) is 4.98 Å². The van der Waals surface area contributed by atoms with E-state index < -0.39 is 0 Å². The van der Waals surface area contributed by atoms with Gasteiger partial charge in [-0.1, -0.05) is 18.2 Å². The van der Waals surface area contributed by atoms with Crippen LogP contribution in [0.5, 0.6) is 0 Å². The van der Waals surface area contributed by atoms with E-state index in [1.165, 1.54) is 28.8 Å². The molecule has 0 spiro atoms. The number of nitrogens with zero attached hydrogens (tertiary/aromatic N) is 3. The van der Waals surface area contributed by atoms with Crippen molar-refractivity contribution in [3.05, 3.63) is 58.7 Å². The van der Waals surface area contributed by atoms with Crippen LogP contribution in [0.1, 0.15) is 53.5 Å². The number of aryl methyl sites for hydroxylation is 3. The van der Waals surface area contributed by atoms with Crippen molar-refractivity contribution in [1.29, 1.82) is 0 Å². The molecule has 4 rings (SSSR count). The summed E-state index contributed by atoms with van der Waals surface area (Å²) in [6.45, 7) is 3.96. The van der Waals surface area contributed by atoms with Crippen molar-refractivity contribution in [3.63, 3.8) is 0 Å². The van der Waals surface area contributed by atoms with Gasteiger partial charge in [0.25, 0.3) is 0 Å². The fraction of sp³-hybridized carbons (Fsp3) is 0.478. The number of fused-ring (bicyclic) bond motifs is 2. The molecule has 0 fully saturated rings. The maximum Gasteiger partial charge on any atom is 0.121 e. The minimum atomic E-state index is 0.317. The molecule has 1 atom stereocenters. The molecule has 0 saturated heterocycles. The Morgan fingerprint density at radius 3 is 3.04 bits per heavy atom. The number of hydrogen-bond acceptors (Lipinski definition) is 4. The Hall–Kier alpha value is -2.24. The third-order valence-corrected chi connectivity index (χ3v) is 5.62. The first-order valence-electron chi connectivity index (χ1n) is 10.4. The number of pyridine rings is 1. The van der Waals surface area contributed by atoms with Crippen LogP contribution in [0.25, 0.3) is 11.0 Å². The molecule has 2 heterocycles. The molecule has 0 aliphatic heterocycles. The van der Waals surface area contributed by atoms with Crippen LogP contribution in [0.15, 0.2) is 30.5 Å². The molecule has 1 aliphatic carbocycles.